The monoisotopic (exact) mass is 287 g/mol. The van der Waals surface area contributed by atoms with E-state index in [1.165, 1.54) is 5.56 Å². The van der Waals surface area contributed by atoms with Crippen LogP contribution in [0.5, 0.6) is 0 Å². The standard InChI is InChI=1S/C17H25N3O/c1-20(2)17(12-14-6-4-3-5-7-14)10-8-16(9-11-17)13-18-15(21)19-16/h3-7H,8-13H2,1-2H3,(H2,18,19,21)/t16-,17-. The van der Waals surface area contributed by atoms with Gasteiger partial charge in [0.05, 0.1) is 5.54 Å². The van der Waals surface area contributed by atoms with Crippen LogP contribution in [0.4, 0.5) is 4.79 Å². The van der Waals surface area contributed by atoms with Crippen LogP contribution in [0.1, 0.15) is 31.2 Å². The number of hydrogen-bond donors (Lipinski definition) is 2. The van der Waals surface area contributed by atoms with Crippen molar-refractivity contribution in [3.8, 4) is 0 Å². The van der Waals surface area contributed by atoms with Crippen LogP contribution in [0.3, 0.4) is 0 Å². The van der Waals surface area contributed by atoms with Crippen LogP contribution in [0.25, 0.3) is 0 Å². The van der Waals surface area contributed by atoms with Crippen molar-refractivity contribution in [1.82, 2.24) is 15.5 Å². The molecule has 21 heavy (non-hydrogen) atoms. The molecule has 1 saturated heterocycles. The maximum absolute atomic E-state index is 11.5. The van der Waals surface area contributed by atoms with Crippen LogP contribution in [0, 0.1) is 0 Å². The lowest BCUT2D eigenvalue weighted by Gasteiger charge is -2.48. The van der Waals surface area contributed by atoms with Crippen LogP contribution in [-0.2, 0) is 6.42 Å². The van der Waals surface area contributed by atoms with Crippen molar-refractivity contribution < 1.29 is 4.79 Å². The van der Waals surface area contributed by atoms with E-state index >= 15 is 0 Å². The number of likely N-dealkylation sites (N-methyl/N-ethyl adjacent to an activating group) is 1. The first-order valence-corrected chi connectivity index (χ1v) is 7.81. The molecule has 4 heteroatoms. The molecule has 2 fully saturated rings. The summed E-state index contributed by atoms with van der Waals surface area (Å²) in [5.74, 6) is 0. The maximum atomic E-state index is 11.5. The smallest absolute Gasteiger partial charge is 0.315 e. The van der Waals surface area contributed by atoms with Crippen molar-refractivity contribution in [2.24, 2.45) is 0 Å². The second kappa shape index (κ2) is 5.34. The van der Waals surface area contributed by atoms with E-state index in [2.05, 4.69) is 60.0 Å². The summed E-state index contributed by atoms with van der Waals surface area (Å²) in [6.45, 7) is 0.778. The molecular formula is C17H25N3O. The first kappa shape index (κ1) is 14.4. The van der Waals surface area contributed by atoms with Gasteiger partial charge >= 0.3 is 6.03 Å². The first-order chi connectivity index (χ1) is 10.0. The first-order valence-electron chi connectivity index (χ1n) is 7.81. The van der Waals surface area contributed by atoms with Crippen molar-refractivity contribution in [1.29, 1.82) is 0 Å². The topological polar surface area (TPSA) is 44.4 Å². The summed E-state index contributed by atoms with van der Waals surface area (Å²) in [5, 5.41) is 6.06. The fourth-order valence-electron chi connectivity index (χ4n) is 3.83. The molecule has 2 amide bonds. The van der Waals surface area contributed by atoms with Crippen molar-refractivity contribution in [3.63, 3.8) is 0 Å². The molecule has 1 aromatic carbocycles. The zero-order chi connectivity index (χ0) is 14.9. The summed E-state index contributed by atoms with van der Waals surface area (Å²) in [6.07, 6.45) is 5.43. The largest absolute Gasteiger partial charge is 0.336 e. The Morgan fingerprint density at radius 3 is 2.29 bits per heavy atom. The molecule has 1 aromatic rings. The highest BCUT2D eigenvalue weighted by Crippen LogP contribution is 2.40. The quantitative estimate of drug-likeness (QED) is 0.895. The zero-order valence-corrected chi connectivity index (χ0v) is 13.0. The van der Waals surface area contributed by atoms with Crippen molar-refractivity contribution in [3.05, 3.63) is 35.9 Å². The fourth-order valence-corrected chi connectivity index (χ4v) is 3.83. The third-order valence-electron chi connectivity index (χ3n) is 5.43. The van der Waals surface area contributed by atoms with Crippen LogP contribution in [0.2, 0.25) is 0 Å². The van der Waals surface area contributed by atoms with Gasteiger partial charge in [0.2, 0.25) is 0 Å². The maximum Gasteiger partial charge on any atom is 0.315 e. The number of carbonyl (C=O) groups excluding carboxylic acids is 1. The molecule has 0 aromatic heterocycles. The molecule has 1 aliphatic heterocycles. The predicted molar refractivity (Wildman–Crippen MR) is 84.3 cm³/mol. The molecule has 0 unspecified atom stereocenters. The van der Waals surface area contributed by atoms with Crippen molar-refractivity contribution in [2.75, 3.05) is 20.6 Å². The highest BCUT2D eigenvalue weighted by Gasteiger charge is 2.46. The molecule has 4 nitrogen and oxygen atoms in total. The highest BCUT2D eigenvalue weighted by atomic mass is 16.2. The third kappa shape index (κ3) is 2.77. The van der Waals surface area contributed by atoms with Gasteiger partial charge in [0.25, 0.3) is 0 Å². The lowest BCUT2D eigenvalue weighted by atomic mass is 9.69. The van der Waals surface area contributed by atoms with Crippen LogP contribution < -0.4 is 10.6 Å². The molecular weight excluding hydrogens is 262 g/mol. The van der Waals surface area contributed by atoms with Crippen LogP contribution >= 0.6 is 0 Å². The Labute approximate surface area is 126 Å². The second-order valence-electron chi connectivity index (χ2n) is 6.87. The summed E-state index contributed by atoms with van der Waals surface area (Å²) in [4.78, 5) is 13.9. The molecule has 0 bridgehead atoms. The number of amides is 2. The number of urea groups is 1. The number of rotatable bonds is 3. The van der Waals surface area contributed by atoms with Gasteiger partial charge in [-0.2, -0.15) is 0 Å². The lowest BCUT2D eigenvalue weighted by Crippen LogP contribution is -2.56. The van der Waals surface area contributed by atoms with Gasteiger partial charge in [-0.25, -0.2) is 4.79 Å². The SMILES string of the molecule is CN(C)[C@]1(Cc2ccccc2)CC[C@@]2(CC1)CNC(=O)N2. The molecule has 1 heterocycles. The summed E-state index contributed by atoms with van der Waals surface area (Å²) >= 11 is 0. The molecule has 3 rings (SSSR count). The third-order valence-corrected chi connectivity index (χ3v) is 5.43. The summed E-state index contributed by atoms with van der Waals surface area (Å²) in [6, 6.07) is 10.7. The van der Waals surface area contributed by atoms with E-state index in [4.69, 9.17) is 0 Å². The fraction of sp³-hybridized carbons (Fsp3) is 0.588. The number of nitrogens with one attached hydrogen (secondary N) is 2. The zero-order valence-electron chi connectivity index (χ0n) is 13.0. The number of benzene rings is 1. The molecule has 1 aliphatic carbocycles. The summed E-state index contributed by atoms with van der Waals surface area (Å²) in [7, 11) is 4.37. The number of carbonyl (C=O) groups is 1. The van der Waals surface area contributed by atoms with Gasteiger partial charge in [-0.3, -0.25) is 0 Å². The van der Waals surface area contributed by atoms with E-state index in [-0.39, 0.29) is 17.1 Å². The van der Waals surface area contributed by atoms with Crippen LogP contribution in [0.15, 0.2) is 30.3 Å². The Balaban J connectivity index is 1.74. The van der Waals surface area contributed by atoms with Gasteiger partial charge in [0.1, 0.15) is 0 Å². The Morgan fingerprint density at radius 1 is 1.10 bits per heavy atom. The van der Waals surface area contributed by atoms with E-state index in [9.17, 15) is 4.79 Å². The van der Waals surface area contributed by atoms with Gasteiger partial charge < -0.3 is 15.5 Å². The average molecular weight is 287 g/mol. The molecule has 2 N–H and O–H groups in total. The van der Waals surface area contributed by atoms with Gasteiger partial charge in [-0.1, -0.05) is 30.3 Å². The Morgan fingerprint density at radius 2 is 1.76 bits per heavy atom. The van der Waals surface area contributed by atoms with Gasteiger partial charge in [0.15, 0.2) is 0 Å². The normalized spacial score (nSPS) is 32.2. The van der Waals surface area contributed by atoms with Crippen LogP contribution in [-0.4, -0.2) is 42.6 Å². The molecule has 1 spiro atoms. The van der Waals surface area contributed by atoms with E-state index < -0.39 is 0 Å². The van der Waals surface area contributed by atoms with E-state index in [1.54, 1.807) is 0 Å². The Bertz CT molecular complexity index is 504. The van der Waals surface area contributed by atoms with E-state index in [0.29, 0.717) is 0 Å². The highest BCUT2D eigenvalue weighted by molar-refractivity contribution is 5.77. The number of hydrogen-bond acceptors (Lipinski definition) is 2. The Kier molecular flexibility index (Phi) is 3.66. The van der Waals surface area contributed by atoms with Gasteiger partial charge in [-0.15, -0.1) is 0 Å². The molecule has 114 valence electrons. The summed E-state index contributed by atoms with van der Waals surface area (Å²) in [5.41, 5.74) is 1.60. The van der Waals surface area contributed by atoms with Crippen molar-refractivity contribution >= 4 is 6.03 Å². The minimum atomic E-state index is -0.00667. The molecule has 2 aliphatic rings. The second-order valence-corrected chi connectivity index (χ2v) is 6.87. The Hall–Kier alpha value is -1.55. The van der Waals surface area contributed by atoms with E-state index in [1.807, 2.05) is 0 Å². The van der Waals surface area contributed by atoms with Crippen molar-refractivity contribution in [2.45, 2.75) is 43.2 Å². The minimum Gasteiger partial charge on any atom is -0.336 e. The summed E-state index contributed by atoms with van der Waals surface area (Å²) < 4.78 is 0. The van der Waals surface area contributed by atoms with Gasteiger partial charge in [-0.05, 0) is 51.8 Å². The molecule has 0 radical (unpaired) electrons. The number of nitrogens with zero attached hydrogens (tertiary/aromatic N) is 1. The lowest BCUT2D eigenvalue weighted by molar-refractivity contribution is 0.0675. The molecule has 0 atom stereocenters. The molecule has 1 saturated carbocycles. The van der Waals surface area contributed by atoms with Gasteiger partial charge in [0, 0.05) is 12.1 Å². The van der Waals surface area contributed by atoms with E-state index in [0.717, 1.165) is 38.6 Å². The minimum absolute atomic E-state index is 0.00425. The average Bonchev–Trinajstić information content (AvgIpc) is 2.84. The predicted octanol–water partition coefficient (Wildman–Crippen LogP) is 2.16.